The number of hydrogen-bond acceptors (Lipinski definition) is 7. The van der Waals surface area contributed by atoms with Gasteiger partial charge in [-0.05, 0) is 37.6 Å². The van der Waals surface area contributed by atoms with Gasteiger partial charge in [0.25, 0.3) is 0 Å². The predicted molar refractivity (Wildman–Crippen MR) is 124 cm³/mol. The third-order valence-corrected chi connectivity index (χ3v) is 5.63. The Morgan fingerprint density at radius 3 is 2.16 bits per heavy atom. The van der Waals surface area contributed by atoms with E-state index in [0.29, 0.717) is 17.0 Å². The molecule has 0 bridgehead atoms. The number of allylic oxidation sites excluding steroid dienone is 1. The van der Waals surface area contributed by atoms with Crippen LogP contribution in [0.2, 0.25) is 0 Å². The van der Waals surface area contributed by atoms with Crippen molar-refractivity contribution in [1.82, 2.24) is 9.80 Å². The van der Waals surface area contributed by atoms with E-state index < -0.39 is 5.97 Å². The van der Waals surface area contributed by atoms with Gasteiger partial charge in [0, 0.05) is 43.9 Å². The van der Waals surface area contributed by atoms with Gasteiger partial charge in [-0.15, -0.1) is 0 Å². The molecule has 2 rings (SSSR count). The van der Waals surface area contributed by atoms with Crippen molar-refractivity contribution >= 4 is 11.7 Å². The van der Waals surface area contributed by atoms with Crippen molar-refractivity contribution in [2.24, 2.45) is 17.2 Å². The highest BCUT2D eigenvalue weighted by atomic mass is 16.4. The summed E-state index contributed by atoms with van der Waals surface area (Å²) in [6.07, 6.45) is 8.39. The molecular formula is C23H37N5O3. The van der Waals surface area contributed by atoms with Gasteiger partial charge in [0.1, 0.15) is 11.6 Å². The monoisotopic (exact) mass is 431 g/mol. The number of carbonyl (C=O) groups is 1. The van der Waals surface area contributed by atoms with Gasteiger partial charge in [-0.3, -0.25) is 9.69 Å². The van der Waals surface area contributed by atoms with Gasteiger partial charge in [-0.2, -0.15) is 0 Å². The number of benzene rings is 1. The average molecular weight is 432 g/mol. The van der Waals surface area contributed by atoms with E-state index in [2.05, 4.69) is 9.80 Å². The number of unbranched alkanes of at least 4 members (excludes halogenated alkanes) is 5. The summed E-state index contributed by atoms with van der Waals surface area (Å²) in [5, 5.41) is 18.7. The molecule has 8 N–H and O–H groups in total. The molecule has 0 atom stereocenters. The molecule has 1 aliphatic rings. The first-order chi connectivity index (χ1) is 14.9. The fourth-order valence-electron chi connectivity index (χ4n) is 3.83. The maximum absolute atomic E-state index is 10.5. The number of phenolic OH excluding ortho intramolecular Hbond substituents is 1. The lowest BCUT2D eigenvalue weighted by molar-refractivity contribution is -0.137. The summed E-state index contributed by atoms with van der Waals surface area (Å²) in [5.41, 5.74) is 19.8. The highest BCUT2D eigenvalue weighted by Gasteiger charge is 2.19. The molecule has 1 saturated heterocycles. The minimum absolute atomic E-state index is 0.123. The zero-order chi connectivity index (χ0) is 22.6. The van der Waals surface area contributed by atoms with Crippen LogP contribution in [-0.2, 0) is 4.79 Å². The Labute approximate surface area is 185 Å². The fraction of sp³-hybridized carbons (Fsp3) is 0.522. The van der Waals surface area contributed by atoms with Crippen molar-refractivity contribution in [1.29, 1.82) is 0 Å². The molecule has 1 heterocycles. The number of rotatable bonds is 12. The van der Waals surface area contributed by atoms with E-state index in [0.717, 1.165) is 64.8 Å². The SMILES string of the molecule is NC(N)=C(/C=C(\N)c1ccccc1O)N1CCN(CCCCCCCCC(=O)O)CC1. The largest absolute Gasteiger partial charge is 0.507 e. The van der Waals surface area contributed by atoms with Crippen LogP contribution >= 0.6 is 0 Å². The van der Waals surface area contributed by atoms with Gasteiger partial charge in [0.05, 0.1) is 5.70 Å². The van der Waals surface area contributed by atoms with E-state index in [1.165, 1.54) is 6.42 Å². The molecular weight excluding hydrogens is 394 g/mol. The summed E-state index contributed by atoms with van der Waals surface area (Å²) in [4.78, 5) is 15.1. The van der Waals surface area contributed by atoms with Gasteiger partial charge in [-0.1, -0.05) is 37.8 Å². The van der Waals surface area contributed by atoms with Crippen LogP contribution in [0.4, 0.5) is 0 Å². The van der Waals surface area contributed by atoms with E-state index in [-0.39, 0.29) is 18.0 Å². The quantitative estimate of drug-likeness (QED) is 0.250. The van der Waals surface area contributed by atoms with Crippen molar-refractivity contribution in [2.75, 3.05) is 32.7 Å². The summed E-state index contributed by atoms with van der Waals surface area (Å²) in [6.45, 7) is 4.55. The molecule has 1 fully saturated rings. The number of hydrogen-bond donors (Lipinski definition) is 5. The van der Waals surface area contributed by atoms with Crippen molar-refractivity contribution in [3.8, 4) is 5.75 Å². The number of nitrogens with zero attached hydrogens (tertiary/aromatic N) is 2. The Morgan fingerprint density at radius 2 is 1.55 bits per heavy atom. The first-order valence-electron chi connectivity index (χ1n) is 11.1. The molecule has 0 spiro atoms. The van der Waals surface area contributed by atoms with Crippen LogP contribution in [0.1, 0.15) is 50.5 Å². The number of carboxylic acid groups (broad SMARTS) is 1. The van der Waals surface area contributed by atoms with Crippen LogP contribution in [0.3, 0.4) is 0 Å². The highest BCUT2D eigenvalue weighted by molar-refractivity contribution is 5.70. The molecule has 31 heavy (non-hydrogen) atoms. The van der Waals surface area contributed by atoms with Crippen LogP contribution in [0.15, 0.2) is 41.9 Å². The lowest BCUT2D eigenvalue weighted by atomic mass is 10.1. The second-order valence-corrected chi connectivity index (χ2v) is 8.05. The van der Waals surface area contributed by atoms with Crippen molar-refractivity contribution in [3.05, 3.63) is 47.4 Å². The lowest BCUT2D eigenvalue weighted by Crippen LogP contribution is -2.46. The maximum atomic E-state index is 10.5. The molecule has 0 aliphatic carbocycles. The second-order valence-electron chi connectivity index (χ2n) is 8.05. The van der Waals surface area contributed by atoms with Crippen molar-refractivity contribution in [2.45, 2.75) is 44.9 Å². The lowest BCUT2D eigenvalue weighted by Gasteiger charge is -2.37. The van der Waals surface area contributed by atoms with E-state index in [9.17, 15) is 9.90 Å². The Kier molecular flexibility index (Phi) is 10.0. The van der Waals surface area contributed by atoms with Gasteiger partial charge in [0.15, 0.2) is 0 Å². The smallest absolute Gasteiger partial charge is 0.303 e. The number of carboxylic acids is 1. The minimum atomic E-state index is -0.704. The molecule has 172 valence electrons. The van der Waals surface area contributed by atoms with Gasteiger partial charge in [0.2, 0.25) is 0 Å². The Morgan fingerprint density at radius 1 is 0.935 bits per heavy atom. The normalized spacial score (nSPS) is 15.1. The number of aliphatic carboxylic acids is 1. The molecule has 1 aromatic carbocycles. The minimum Gasteiger partial charge on any atom is -0.507 e. The number of aromatic hydroxyl groups is 1. The fourth-order valence-corrected chi connectivity index (χ4v) is 3.83. The zero-order valence-electron chi connectivity index (χ0n) is 18.3. The Balaban J connectivity index is 1.75. The first-order valence-corrected chi connectivity index (χ1v) is 11.1. The number of para-hydroxylation sites is 1. The molecule has 0 radical (unpaired) electrons. The molecule has 1 aliphatic heterocycles. The molecule has 0 amide bonds. The van der Waals surface area contributed by atoms with E-state index in [4.69, 9.17) is 22.3 Å². The molecule has 8 heteroatoms. The topological polar surface area (TPSA) is 142 Å². The molecule has 0 unspecified atom stereocenters. The van der Waals surface area contributed by atoms with E-state index in [1.54, 1.807) is 24.3 Å². The van der Waals surface area contributed by atoms with Gasteiger partial charge < -0.3 is 32.3 Å². The number of nitrogens with two attached hydrogens (primary N) is 3. The van der Waals surface area contributed by atoms with E-state index in [1.807, 2.05) is 6.07 Å². The average Bonchev–Trinajstić information content (AvgIpc) is 2.74. The predicted octanol–water partition coefficient (Wildman–Crippen LogP) is 2.21. The molecule has 0 aromatic heterocycles. The zero-order valence-corrected chi connectivity index (χ0v) is 18.3. The second kappa shape index (κ2) is 12.7. The summed E-state index contributed by atoms with van der Waals surface area (Å²) >= 11 is 0. The van der Waals surface area contributed by atoms with E-state index >= 15 is 0 Å². The molecule has 0 saturated carbocycles. The third kappa shape index (κ3) is 8.41. The van der Waals surface area contributed by atoms with Gasteiger partial charge in [-0.25, -0.2) is 0 Å². The standard InChI is InChI=1S/C23H37N5O3/c24-19(18-9-6-7-10-21(18)29)17-20(23(25)26)28-15-13-27(14-16-28)12-8-4-2-1-3-5-11-22(30)31/h6-7,9-10,17,29H,1-5,8,11-16,24-26H2,(H,30,31)/b19-17-. The summed E-state index contributed by atoms with van der Waals surface area (Å²) in [6, 6.07) is 6.92. The summed E-state index contributed by atoms with van der Waals surface area (Å²) in [7, 11) is 0. The van der Waals surface area contributed by atoms with Crippen LogP contribution in [0, 0.1) is 0 Å². The van der Waals surface area contributed by atoms with Crippen molar-refractivity contribution < 1.29 is 15.0 Å². The Bertz CT molecular complexity index is 766. The molecule has 8 nitrogen and oxygen atoms in total. The van der Waals surface area contributed by atoms with Crippen LogP contribution in [0.5, 0.6) is 5.75 Å². The summed E-state index contributed by atoms with van der Waals surface area (Å²) in [5.74, 6) is -0.363. The number of phenols is 1. The van der Waals surface area contributed by atoms with Crippen molar-refractivity contribution in [3.63, 3.8) is 0 Å². The van der Waals surface area contributed by atoms with Gasteiger partial charge >= 0.3 is 5.97 Å². The maximum Gasteiger partial charge on any atom is 0.303 e. The summed E-state index contributed by atoms with van der Waals surface area (Å²) < 4.78 is 0. The highest BCUT2D eigenvalue weighted by Crippen LogP contribution is 2.23. The van der Waals surface area contributed by atoms with Crippen LogP contribution in [-0.4, -0.2) is 58.7 Å². The molecule has 1 aromatic rings. The Hall–Kier alpha value is -2.87. The van der Waals surface area contributed by atoms with Crippen LogP contribution in [0.25, 0.3) is 5.70 Å². The first kappa shape index (κ1) is 24.4. The third-order valence-electron chi connectivity index (χ3n) is 5.63. The number of piperazine rings is 1. The van der Waals surface area contributed by atoms with Crippen LogP contribution < -0.4 is 17.2 Å².